The Morgan fingerprint density at radius 2 is 0.912 bits per heavy atom. The van der Waals surface area contributed by atoms with Crippen LogP contribution in [0.1, 0.15) is 79.4 Å². The summed E-state index contributed by atoms with van der Waals surface area (Å²) < 4.78 is 12.1. The van der Waals surface area contributed by atoms with Crippen molar-refractivity contribution in [1.29, 1.82) is 0 Å². The van der Waals surface area contributed by atoms with Gasteiger partial charge in [0, 0.05) is 24.0 Å². The molecule has 0 bridgehead atoms. The van der Waals surface area contributed by atoms with Crippen LogP contribution in [0.5, 0.6) is 0 Å². The zero-order chi connectivity index (χ0) is 25.6. The van der Waals surface area contributed by atoms with E-state index in [1.807, 2.05) is 74.5 Å². The Labute approximate surface area is 203 Å². The Morgan fingerprint density at radius 3 is 1.15 bits per heavy atom. The van der Waals surface area contributed by atoms with Crippen molar-refractivity contribution in [2.24, 2.45) is 21.1 Å². The van der Waals surface area contributed by atoms with Crippen LogP contribution in [-0.2, 0) is 30.5 Å². The molecule has 0 saturated carbocycles. The van der Waals surface area contributed by atoms with Crippen molar-refractivity contribution in [2.45, 2.75) is 79.7 Å². The third kappa shape index (κ3) is 6.31. The molecule has 6 heteroatoms. The minimum Gasteiger partial charge on any atom is -0.431 e. The topological polar surface area (TPSA) is 77.3 Å². The largest absolute Gasteiger partial charge is 0.431 e. The maximum Gasteiger partial charge on any atom is 0.313 e. The first kappa shape index (κ1) is 27.2. The predicted octanol–water partition coefficient (Wildman–Crippen LogP) is 7.14. The first-order chi connectivity index (χ1) is 15.8. The zero-order valence-corrected chi connectivity index (χ0v) is 21.7. The van der Waals surface area contributed by atoms with Crippen LogP contribution in [0, 0.1) is 10.8 Å². The van der Waals surface area contributed by atoms with E-state index in [1.54, 1.807) is 41.5 Å². The first-order valence-electron chi connectivity index (χ1n) is 11.8. The molecule has 0 aliphatic rings. The van der Waals surface area contributed by atoms with Gasteiger partial charge in [0.25, 0.3) is 0 Å². The van der Waals surface area contributed by atoms with Crippen molar-refractivity contribution in [2.75, 3.05) is 0 Å². The van der Waals surface area contributed by atoms with Gasteiger partial charge in [0.05, 0.1) is 10.8 Å². The van der Waals surface area contributed by atoms with E-state index >= 15 is 0 Å². The average Bonchev–Trinajstić information content (AvgIpc) is 2.80. The minimum atomic E-state index is -1.37. The van der Waals surface area contributed by atoms with Crippen LogP contribution in [-0.4, -0.2) is 11.9 Å². The van der Waals surface area contributed by atoms with E-state index < -0.39 is 34.2 Å². The van der Waals surface area contributed by atoms with Crippen LogP contribution in [0.25, 0.3) is 0 Å². The van der Waals surface area contributed by atoms with Gasteiger partial charge in [-0.3, -0.25) is 9.59 Å². The molecule has 0 aromatic heterocycles. The van der Waals surface area contributed by atoms with Crippen LogP contribution in [0.4, 0.5) is 0 Å². The summed E-state index contributed by atoms with van der Waals surface area (Å²) in [4.78, 5) is 26.0. The Morgan fingerprint density at radius 1 is 0.618 bits per heavy atom. The lowest BCUT2D eigenvalue weighted by Crippen LogP contribution is -2.38. The molecule has 0 spiro atoms. The van der Waals surface area contributed by atoms with E-state index in [9.17, 15) is 9.59 Å². The number of ether oxygens (including phenoxy) is 2. The fraction of sp³-hybridized carbons (Fsp3) is 0.500. The van der Waals surface area contributed by atoms with Gasteiger partial charge in [-0.15, -0.1) is 10.2 Å². The Hall–Kier alpha value is -3.02. The number of hydrogen-bond acceptors (Lipinski definition) is 6. The molecule has 2 unspecified atom stereocenters. The van der Waals surface area contributed by atoms with E-state index in [0.717, 1.165) is 0 Å². The molecule has 0 aliphatic heterocycles. The average molecular weight is 467 g/mol. The molecule has 0 amide bonds. The minimum absolute atomic E-state index is 0.351. The van der Waals surface area contributed by atoms with Gasteiger partial charge in [-0.05, 0) is 41.5 Å². The molecule has 184 valence electrons. The van der Waals surface area contributed by atoms with Gasteiger partial charge < -0.3 is 9.47 Å². The normalized spacial score (nSPS) is 15.9. The lowest BCUT2D eigenvalue weighted by atomic mass is 9.95. The Kier molecular flexibility index (Phi) is 8.40. The SMILES string of the molecule is CCC(/N=N/C(CC)(OC(=O)C(C)(C)C)c1ccccc1)(OC(=O)C(C)(C)C)c1ccccc1. The summed E-state index contributed by atoms with van der Waals surface area (Å²) in [6.07, 6.45) is 0.703. The third-order valence-corrected chi connectivity index (χ3v) is 5.53. The number of benzene rings is 2. The third-order valence-electron chi connectivity index (χ3n) is 5.53. The number of nitrogens with zero attached hydrogens (tertiary/aromatic N) is 2. The summed E-state index contributed by atoms with van der Waals surface area (Å²) in [6, 6.07) is 18.7. The van der Waals surface area contributed by atoms with Crippen LogP contribution >= 0.6 is 0 Å². The molecule has 0 heterocycles. The number of esters is 2. The van der Waals surface area contributed by atoms with E-state index in [4.69, 9.17) is 9.47 Å². The molecule has 2 aromatic carbocycles. The second-order valence-electron chi connectivity index (χ2n) is 10.5. The molecule has 0 saturated heterocycles. The van der Waals surface area contributed by atoms with E-state index in [0.29, 0.717) is 24.0 Å². The Bertz CT molecular complexity index is 909. The zero-order valence-electron chi connectivity index (χ0n) is 21.7. The maximum atomic E-state index is 13.0. The quantitative estimate of drug-likeness (QED) is 0.306. The summed E-state index contributed by atoms with van der Waals surface area (Å²) in [5.41, 5.74) is -2.81. The first-order valence-corrected chi connectivity index (χ1v) is 11.8. The van der Waals surface area contributed by atoms with Gasteiger partial charge in [-0.2, -0.15) is 0 Å². The molecule has 0 aliphatic carbocycles. The predicted molar refractivity (Wildman–Crippen MR) is 133 cm³/mol. The van der Waals surface area contributed by atoms with Crippen LogP contribution in [0.15, 0.2) is 70.9 Å². The van der Waals surface area contributed by atoms with Crippen molar-refractivity contribution < 1.29 is 19.1 Å². The second kappa shape index (κ2) is 10.5. The van der Waals surface area contributed by atoms with Gasteiger partial charge in [-0.25, -0.2) is 0 Å². The summed E-state index contributed by atoms with van der Waals surface area (Å²) in [5, 5.41) is 9.31. The van der Waals surface area contributed by atoms with E-state index in [-0.39, 0.29) is 0 Å². The smallest absolute Gasteiger partial charge is 0.313 e. The molecule has 6 nitrogen and oxygen atoms in total. The fourth-order valence-corrected chi connectivity index (χ4v) is 3.14. The van der Waals surface area contributed by atoms with Gasteiger partial charge in [0.15, 0.2) is 0 Å². The van der Waals surface area contributed by atoms with Gasteiger partial charge in [-0.1, -0.05) is 74.5 Å². The van der Waals surface area contributed by atoms with Crippen molar-refractivity contribution in [1.82, 2.24) is 0 Å². The monoisotopic (exact) mass is 466 g/mol. The molecule has 0 N–H and O–H groups in total. The van der Waals surface area contributed by atoms with Gasteiger partial charge >= 0.3 is 11.9 Å². The van der Waals surface area contributed by atoms with Crippen molar-refractivity contribution in [3.05, 3.63) is 71.8 Å². The highest BCUT2D eigenvalue weighted by Gasteiger charge is 2.42. The molecule has 2 atom stereocenters. The number of carbonyl (C=O) groups excluding carboxylic acids is 2. The van der Waals surface area contributed by atoms with Crippen LogP contribution < -0.4 is 0 Å². The van der Waals surface area contributed by atoms with Crippen LogP contribution in [0.3, 0.4) is 0 Å². The fourth-order valence-electron chi connectivity index (χ4n) is 3.14. The molecular formula is C28H38N2O4. The highest BCUT2D eigenvalue weighted by atomic mass is 16.6. The van der Waals surface area contributed by atoms with Crippen molar-refractivity contribution in [3.8, 4) is 0 Å². The summed E-state index contributed by atoms with van der Waals surface area (Å²) in [7, 11) is 0. The molecule has 0 radical (unpaired) electrons. The summed E-state index contributed by atoms with van der Waals surface area (Å²) >= 11 is 0. The molecule has 2 rings (SSSR count). The lowest BCUT2D eigenvalue weighted by Gasteiger charge is -2.34. The second-order valence-corrected chi connectivity index (χ2v) is 10.5. The maximum absolute atomic E-state index is 13.0. The lowest BCUT2D eigenvalue weighted by molar-refractivity contribution is -0.177. The van der Waals surface area contributed by atoms with E-state index in [2.05, 4.69) is 10.2 Å². The highest BCUT2D eigenvalue weighted by molar-refractivity contribution is 5.76. The highest BCUT2D eigenvalue weighted by Crippen LogP contribution is 2.39. The van der Waals surface area contributed by atoms with Crippen molar-refractivity contribution >= 4 is 11.9 Å². The number of carbonyl (C=O) groups is 2. The Balaban J connectivity index is 2.68. The summed E-state index contributed by atoms with van der Waals surface area (Å²) in [5.74, 6) is -0.795. The number of hydrogen-bond donors (Lipinski definition) is 0. The van der Waals surface area contributed by atoms with E-state index in [1.165, 1.54) is 0 Å². The molecule has 0 fully saturated rings. The number of azo groups is 1. The van der Waals surface area contributed by atoms with Gasteiger partial charge in [0.1, 0.15) is 0 Å². The summed E-state index contributed by atoms with van der Waals surface area (Å²) in [6.45, 7) is 14.5. The van der Waals surface area contributed by atoms with Crippen molar-refractivity contribution in [3.63, 3.8) is 0 Å². The number of rotatable bonds is 8. The van der Waals surface area contributed by atoms with Crippen LogP contribution in [0.2, 0.25) is 0 Å². The standard InChI is InChI=1S/C28H38N2O4/c1-9-27(21-17-13-11-14-18-21,33-23(31)25(3,4)5)29-30-28(10-2,22-19-15-12-16-20-22)34-24(32)26(6,7)8/h11-20H,9-10H2,1-8H3/b30-29+. The molecule has 2 aromatic rings. The van der Waals surface area contributed by atoms with Gasteiger partial charge in [0.2, 0.25) is 11.4 Å². The molecule has 34 heavy (non-hydrogen) atoms. The molecular weight excluding hydrogens is 428 g/mol.